The molecule has 0 bridgehead atoms. The SMILES string of the molecule is CC[C@H](NC(=O)O)C(=O)CN1C[C@@H](OC)C[C@H]1c1nc2cc([C@H]3CC[C@H](c4ccc5[nH]c([C@@H]6C[C@H](OC)CN6C(=O)[C@@H](NC(=O)OC)C(C)C)nc5c4)N3c3cc(F)c(N4CCCCC4)c(F)c3)ccc2[nH]1. The van der Waals surface area contributed by atoms with Gasteiger partial charge in [0.25, 0.3) is 0 Å². The maximum absolute atomic E-state index is 16.5. The monoisotopic (exact) mass is 997 g/mol. The van der Waals surface area contributed by atoms with Gasteiger partial charge in [0, 0.05) is 52.5 Å². The van der Waals surface area contributed by atoms with Crippen molar-refractivity contribution < 1.29 is 47.3 Å². The minimum absolute atomic E-state index is 0.000588. The predicted octanol–water partition coefficient (Wildman–Crippen LogP) is 7.84. The second-order valence-corrected chi connectivity index (χ2v) is 20.0. The number of likely N-dealkylation sites (tertiary alicyclic amines) is 2. The van der Waals surface area contributed by atoms with Gasteiger partial charge < -0.3 is 54.6 Å². The molecule has 2 aromatic heterocycles. The Morgan fingerprint density at radius 1 is 0.778 bits per heavy atom. The molecular weight excluding hydrogens is 931 g/mol. The summed E-state index contributed by atoms with van der Waals surface area (Å²) in [6.45, 7) is 7.45. The number of nitrogens with zero attached hydrogens (tertiary/aromatic N) is 6. The number of anilines is 2. The summed E-state index contributed by atoms with van der Waals surface area (Å²) in [6.07, 6.45) is 3.07. The molecule has 6 heterocycles. The summed E-state index contributed by atoms with van der Waals surface area (Å²) in [5.41, 5.74) is 5.11. The zero-order valence-corrected chi connectivity index (χ0v) is 41.8. The van der Waals surface area contributed by atoms with Crippen molar-refractivity contribution in [1.29, 1.82) is 0 Å². The largest absolute Gasteiger partial charge is 0.465 e. The molecule has 72 heavy (non-hydrogen) atoms. The molecule has 5 N–H and O–H groups in total. The number of piperidine rings is 1. The summed E-state index contributed by atoms with van der Waals surface area (Å²) in [5.74, 6) is -0.725. The molecule has 3 aromatic carbocycles. The number of rotatable bonds is 16. The maximum Gasteiger partial charge on any atom is 0.407 e. The molecule has 8 atom stereocenters. The molecule has 4 saturated heterocycles. The summed E-state index contributed by atoms with van der Waals surface area (Å²) < 4.78 is 49.2. The lowest BCUT2D eigenvalue weighted by Crippen LogP contribution is -2.51. The number of carbonyl (C=O) groups is 4. The molecule has 0 radical (unpaired) electrons. The fourth-order valence-electron chi connectivity index (χ4n) is 11.5. The lowest BCUT2D eigenvalue weighted by atomic mass is 10.0. The van der Waals surface area contributed by atoms with Crippen molar-refractivity contribution in [1.82, 2.24) is 40.4 Å². The number of ketones is 1. The van der Waals surface area contributed by atoms with Gasteiger partial charge in [0.2, 0.25) is 5.91 Å². The van der Waals surface area contributed by atoms with Crippen LogP contribution in [0.4, 0.5) is 29.7 Å². The Kier molecular flexibility index (Phi) is 15.0. The summed E-state index contributed by atoms with van der Waals surface area (Å²) in [5, 5.41) is 14.4. The number of methoxy groups -OCH3 is 3. The Balaban J connectivity index is 1.04. The Morgan fingerprint density at radius 3 is 1.89 bits per heavy atom. The number of alkyl carbamates (subject to hydrolysis) is 1. The van der Waals surface area contributed by atoms with Gasteiger partial charge in [0.1, 0.15) is 23.4 Å². The van der Waals surface area contributed by atoms with Gasteiger partial charge in [-0.1, -0.05) is 32.9 Å². The number of ether oxygens (including phenoxy) is 3. The number of amides is 3. The van der Waals surface area contributed by atoms with E-state index in [2.05, 4.69) is 25.5 Å². The highest BCUT2D eigenvalue weighted by Gasteiger charge is 2.43. The number of benzene rings is 3. The van der Waals surface area contributed by atoms with Gasteiger partial charge in [-0.3, -0.25) is 14.5 Å². The number of carbonyl (C=O) groups excluding carboxylic acids is 3. The number of aromatic amines is 2. The molecule has 0 aliphatic carbocycles. The van der Waals surface area contributed by atoms with E-state index in [0.717, 1.165) is 41.4 Å². The second kappa shape index (κ2) is 21.4. The number of H-pyrrole nitrogens is 2. The van der Waals surface area contributed by atoms with Crippen LogP contribution in [0.15, 0.2) is 48.5 Å². The minimum atomic E-state index is -1.25. The highest BCUT2D eigenvalue weighted by molar-refractivity contribution is 5.89. The third-order valence-electron chi connectivity index (χ3n) is 15.2. The first-order valence-corrected chi connectivity index (χ1v) is 25.2. The number of carboxylic acid groups (broad SMARTS) is 1. The van der Waals surface area contributed by atoms with E-state index in [9.17, 15) is 24.3 Å². The van der Waals surface area contributed by atoms with Crippen LogP contribution in [0, 0.1) is 17.6 Å². The Hall–Kier alpha value is -6.38. The molecule has 4 aliphatic rings. The smallest absolute Gasteiger partial charge is 0.407 e. The molecule has 0 saturated carbocycles. The van der Waals surface area contributed by atoms with Crippen molar-refractivity contribution >= 4 is 57.3 Å². The van der Waals surface area contributed by atoms with Crippen LogP contribution in [0.1, 0.15) is 119 Å². The van der Waals surface area contributed by atoms with E-state index in [1.165, 1.54) is 19.2 Å². The van der Waals surface area contributed by atoms with Gasteiger partial charge in [-0.15, -0.1) is 0 Å². The van der Waals surface area contributed by atoms with Crippen molar-refractivity contribution in [3.05, 3.63) is 82.9 Å². The van der Waals surface area contributed by atoms with Crippen molar-refractivity contribution in [3.63, 3.8) is 0 Å². The number of imidazole rings is 2. The van der Waals surface area contributed by atoms with Gasteiger partial charge in [0.05, 0.1) is 78.1 Å². The number of fused-ring (bicyclic) bond motifs is 2. The molecule has 9 rings (SSSR count). The number of halogens is 2. The highest BCUT2D eigenvalue weighted by Crippen LogP contribution is 2.49. The lowest BCUT2D eigenvalue weighted by Gasteiger charge is -2.35. The molecule has 5 aromatic rings. The molecule has 386 valence electrons. The molecular formula is C52H66F2N10O8. The average Bonchev–Trinajstić information content (AvgIpc) is 4.23. The Bertz CT molecular complexity index is 2770. The van der Waals surface area contributed by atoms with E-state index >= 15 is 8.78 Å². The van der Waals surface area contributed by atoms with Crippen molar-refractivity contribution in [3.8, 4) is 0 Å². The fraction of sp³-hybridized carbons (Fsp3) is 0.538. The molecule has 20 heteroatoms. The van der Waals surface area contributed by atoms with Gasteiger partial charge in [-0.2, -0.15) is 0 Å². The van der Waals surface area contributed by atoms with E-state index < -0.39 is 41.9 Å². The lowest BCUT2D eigenvalue weighted by molar-refractivity contribution is -0.136. The number of hydrogen-bond acceptors (Lipinski definition) is 12. The zero-order valence-electron chi connectivity index (χ0n) is 41.8. The van der Waals surface area contributed by atoms with Gasteiger partial charge in [-0.05, 0) is 98.4 Å². The molecule has 18 nitrogen and oxygen atoms in total. The highest BCUT2D eigenvalue weighted by atomic mass is 19.1. The minimum Gasteiger partial charge on any atom is -0.465 e. The maximum atomic E-state index is 16.5. The summed E-state index contributed by atoms with van der Waals surface area (Å²) in [7, 11) is 4.50. The van der Waals surface area contributed by atoms with Crippen LogP contribution in [0.3, 0.4) is 0 Å². The van der Waals surface area contributed by atoms with Gasteiger partial charge in [-0.25, -0.2) is 28.3 Å². The fourth-order valence-corrected chi connectivity index (χ4v) is 11.5. The van der Waals surface area contributed by atoms with E-state index in [4.69, 9.17) is 24.2 Å². The third kappa shape index (κ3) is 10.2. The van der Waals surface area contributed by atoms with Crippen LogP contribution in [0.5, 0.6) is 0 Å². The second-order valence-electron chi connectivity index (χ2n) is 20.0. The Morgan fingerprint density at radius 2 is 1.35 bits per heavy atom. The number of aromatic nitrogens is 4. The van der Waals surface area contributed by atoms with Crippen molar-refractivity contribution in [2.75, 3.05) is 63.9 Å². The summed E-state index contributed by atoms with van der Waals surface area (Å²) in [6, 6.07) is 11.8. The molecule has 3 amide bonds. The average molecular weight is 997 g/mol. The van der Waals surface area contributed by atoms with Crippen LogP contribution in [0.25, 0.3) is 22.1 Å². The number of nitrogens with one attached hydrogen (secondary N) is 4. The number of hydrogen-bond donors (Lipinski definition) is 5. The Labute approximate surface area is 417 Å². The normalized spacial score (nSPS) is 23.6. The topological polar surface area (TPSA) is 211 Å². The third-order valence-corrected chi connectivity index (χ3v) is 15.2. The van der Waals surface area contributed by atoms with E-state index in [1.54, 1.807) is 30.9 Å². The van der Waals surface area contributed by atoms with Crippen molar-refractivity contribution in [2.45, 2.75) is 121 Å². The van der Waals surface area contributed by atoms with Gasteiger partial charge in [0.15, 0.2) is 17.4 Å². The van der Waals surface area contributed by atoms with Crippen LogP contribution in [0.2, 0.25) is 0 Å². The molecule has 4 fully saturated rings. The van der Waals surface area contributed by atoms with Crippen LogP contribution >= 0.6 is 0 Å². The number of Topliss-reactive ketones (excluding diaryl/α,β-unsaturated/α-hetero) is 1. The first-order valence-electron chi connectivity index (χ1n) is 25.2. The van der Waals surface area contributed by atoms with E-state index in [1.807, 2.05) is 55.1 Å². The van der Waals surface area contributed by atoms with Crippen molar-refractivity contribution in [2.24, 2.45) is 5.92 Å². The van der Waals surface area contributed by atoms with E-state index in [-0.39, 0.29) is 60.2 Å². The van der Waals surface area contributed by atoms with Gasteiger partial charge >= 0.3 is 12.2 Å². The molecule has 4 aliphatic heterocycles. The van der Waals surface area contributed by atoms with Crippen LogP contribution in [-0.2, 0) is 23.8 Å². The van der Waals surface area contributed by atoms with Crippen LogP contribution < -0.4 is 20.4 Å². The first-order chi connectivity index (χ1) is 34.7. The molecule has 0 spiro atoms. The summed E-state index contributed by atoms with van der Waals surface area (Å²) >= 11 is 0. The summed E-state index contributed by atoms with van der Waals surface area (Å²) in [4.78, 5) is 75.8. The first kappa shape index (κ1) is 50.6. The zero-order chi connectivity index (χ0) is 51.0. The van der Waals surface area contributed by atoms with Crippen LogP contribution in [-0.4, -0.2) is 137 Å². The molecule has 0 unspecified atom stereocenters. The standard InChI is InChI=1S/C52H66F2N10O8/c1-7-36(59-51(67)68)45(65)27-62-25-32(70-4)23-43(62)48-55-37-13-11-29(19-39(37)57-48)41-15-16-42(64(41)31-21-34(53)47(35(54)22-31)61-17-9-8-10-18-61)30-12-14-38-40(20-30)58-49(56-38)44-24-33(71-5)26-63(44)50(66)46(28(2)3)60-52(69)72-6/h11-14,19-22,28,32-33,36,41-44,46,59H,7-10,15-18,23-27H2,1-6H3,(H,55,57)(H,56,58)(H,60,69)(H,67,68)/t32-,33-,36-,41+,42+,43-,44-,46-/m0/s1. The quantitative estimate of drug-likeness (QED) is 0.0639. The predicted molar refractivity (Wildman–Crippen MR) is 266 cm³/mol. The van der Waals surface area contributed by atoms with E-state index in [0.29, 0.717) is 86.7 Å².